The van der Waals surface area contributed by atoms with E-state index >= 15 is 0 Å². The van der Waals surface area contributed by atoms with Crippen molar-refractivity contribution in [3.8, 4) is 5.75 Å². The number of rotatable bonds is 6. The molecule has 1 fully saturated rings. The van der Waals surface area contributed by atoms with Crippen molar-refractivity contribution in [1.82, 2.24) is 4.57 Å². The van der Waals surface area contributed by atoms with E-state index in [0.717, 1.165) is 27.8 Å². The van der Waals surface area contributed by atoms with Crippen molar-refractivity contribution in [2.45, 2.75) is 13.2 Å². The summed E-state index contributed by atoms with van der Waals surface area (Å²) in [5, 5.41) is 0.279. The predicted molar refractivity (Wildman–Crippen MR) is 128 cm³/mol. The van der Waals surface area contributed by atoms with Crippen molar-refractivity contribution in [2.24, 2.45) is 0 Å². The highest BCUT2D eigenvalue weighted by Gasteiger charge is 2.36. The van der Waals surface area contributed by atoms with Crippen LogP contribution < -0.4 is 9.64 Å². The number of hydrogen-bond donors (Lipinski definition) is 0. The lowest BCUT2D eigenvalue weighted by atomic mass is 10.2. The molecule has 2 heterocycles. The number of aromatic nitrogens is 1. The molecule has 0 radical (unpaired) electrons. The average Bonchev–Trinajstić information content (AvgIpc) is 3.29. The van der Waals surface area contributed by atoms with E-state index in [-0.39, 0.29) is 16.1 Å². The molecule has 0 aliphatic carbocycles. The fraction of sp³-hybridized carbons (Fsp3) is 0.0769. The van der Waals surface area contributed by atoms with E-state index < -0.39 is 0 Å². The molecular formula is C26H20N2O3S. The first kappa shape index (κ1) is 20.2. The zero-order valence-corrected chi connectivity index (χ0v) is 18.0. The van der Waals surface area contributed by atoms with Crippen LogP contribution in [-0.2, 0) is 17.9 Å². The molecule has 158 valence electrons. The highest BCUT2D eigenvalue weighted by Crippen LogP contribution is 2.38. The predicted octanol–water partition coefficient (Wildman–Crippen LogP) is 5.98. The summed E-state index contributed by atoms with van der Waals surface area (Å²) in [5.74, 6) is 0.810. The minimum atomic E-state index is -0.317. The molecule has 0 saturated carbocycles. The normalized spacial score (nSPS) is 13.9. The Balaban J connectivity index is 1.38. The van der Waals surface area contributed by atoms with Crippen LogP contribution in [0.4, 0.5) is 10.5 Å². The minimum absolute atomic E-state index is 0.197. The zero-order chi connectivity index (χ0) is 22.1. The van der Waals surface area contributed by atoms with Crippen molar-refractivity contribution in [2.75, 3.05) is 4.90 Å². The molecule has 0 bridgehead atoms. The Morgan fingerprint density at radius 1 is 0.844 bits per heavy atom. The van der Waals surface area contributed by atoms with Gasteiger partial charge in [0, 0.05) is 29.9 Å². The maximum atomic E-state index is 12.4. The Hall–Kier alpha value is -3.77. The van der Waals surface area contributed by atoms with Crippen LogP contribution in [0.3, 0.4) is 0 Å². The number of fused-ring (bicyclic) bond motifs is 1. The lowest BCUT2D eigenvalue weighted by Crippen LogP contribution is -2.20. The fourth-order valence-corrected chi connectivity index (χ4v) is 4.46. The summed E-state index contributed by atoms with van der Waals surface area (Å²) in [6, 6.07) is 25.9. The first-order valence-electron chi connectivity index (χ1n) is 10.2. The SMILES string of the molecule is C=C1C(=O)SC(=O)N1c1cn(Cc2ccc(OCc3ccccc3)cc2)c2ccccc12. The smallest absolute Gasteiger partial charge is 0.298 e. The van der Waals surface area contributed by atoms with Crippen molar-refractivity contribution >= 4 is 38.7 Å². The Morgan fingerprint density at radius 3 is 2.28 bits per heavy atom. The molecule has 5 rings (SSSR count). The quantitative estimate of drug-likeness (QED) is 0.346. The van der Waals surface area contributed by atoms with Gasteiger partial charge < -0.3 is 9.30 Å². The van der Waals surface area contributed by atoms with Gasteiger partial charge in [0.25, 0.3) is 5.24 Å². The first-order valence-corrected chi connectivity index (χ1v) is 11.0. The number of carbonyl (C=O) groups excluding carboxylic acids is 2. The molecule has 3 aromatic carbocycles. The number of thioether (sulfide) groups is 1. The molecule has 0 unspecified atom stereocenters. The second-order valence-electron chi connectivity index (χ2n) is 7.52. The van der Waals surface area contributed by atoms with Crippen molar-refractivity contribution in [3.05, 3.63) is 108 Å². The van der Waals surface area contributed by atoms with Crippen molar-refractivity contribution < 1.29 is 14.3 Å². The zero-order valence-electron chi connectivity index (χ0n) is 17.2. The van der Waals surface area contributed by atoms with Crippen molar-refractivity contribution in [3.63, 3.8) is 0 Å². The molecule has 0 spiro atoms. The van der Waals surface area contributed by atoms with Gasteiger partial charge in [0.1, 0.15) is 12.4 Å². The summed E-state index contributed by atoms with van der Waals surface area (Å²) in [7, 11) is 0. The van der Waals surface area contributed by atoms with Crippen LogP contribution in [0.5, 0.6) is 5.75 Å². The van der Waals surface area contributed by atoms with Gasteiger partial charge in [0.05, 0.1) is 16.9 Å². The molecular weight excluding hydrogens is 420 g/mol. The molecule has 1 aromatic heterocycles. The Bertz CT molecular complexity index is 1330. The summed E-state index contributed by atoms with van der Waals surface area (Å²) in [6.07, 6.45) is 1.91. The van der Waals surface area contributed by atoms with E-state index in [1.165, 1.54) is 4.90 Å². The number of amides is 1. The van der Waals surface area contributed by atoms with Crippen LogP contribution in [-0.4, -0.2) is 14.9 Å². The summed E-state index contributed by atoms with van der Waals surface area (Å²) < 4.78 is 7.96. The van der Waals surface area contributed by atoms with Gasteiger partial charge in [-0.1, -0.05) is 67.2 Å². The number of anilines is 1. The summed E-state index contributed by atoms with van der Waals surface area (Å²) in [4.78, 5) is 25.8. The van der Waals surface area contributed by atoms with Gasteiger partial charge in [-0.15, -0.1) is 0 Å². The molecule has 1 aliphatic rings. The van der Waals surface area contributed by atoms with Crippen LogP contribution in [0.2, 0.25) is 0 Å². The summed E-state index contributed by atoms with van der Waals surface area (Å²) in [6.45, 7) is 4.95. The van der Waals surface area contributed by atoms with Gasteiger partial charge in [0.2, 0.25) is 5.12 Å². The van der Waals surface area contributed by atoms with Gasteiger partial charge in [-0.05, 0) is 29.3 Å². The minimum Gasteiger partial charge on any atom is -0.489 e. The highest BCUT2D eigenvalue weighted by molar-refractivity contribution is 8.27. The maximum absolute atomic E-state index is 12.4. The first-order chi connectivity index (χ1) is 15.6. The number of nitrogens with zero attached hydrogens (tertiary/aromatic N) is 2. The van der Waals surface area contributed by atoms with E-state index in [4.69, 9.17) is 4.74 Å². The maximum Gasteiger partial charge on any atom is 0.298 e. The number of hydrogen-bond acceptors (Lipinski definition) is 4. The average molecular weight is 441 g/mol. The second kappa shape index (κ2) is 8.40. The third-order valence-corrected chi connectivity index (χ3v) is 6.18. The van der Waals surface area contributed by atoms with Crippen LogP contribution >= 0.6 is 11.8 Å². The van der Waals surface area contributed by atoms with Crippen LogP contribution in [0.15, 0.2) is 97.3 Å². The van der Waals surface area contributed by atoms with Gasteiger partial charge in [-0.25, -0.2) is 0 Å². The van der Waals surface area contributed by atoms with Gasteiger partial charge in [-0.2, -0.15) is 0 Å². The van der Waals surface area contributed by atoms with Crippen LogP contribution in [0, 0.1) is 0 Å². The van der Waals surface area contributed by atoms with E-state index in [0.29, 0.717) is 30.6 Å². The lowest BCUT2D eigenvalue weighted by molar-refractivity contribution is -0.107. The molecule has 1 aliphatic heterocycles. The topological polar surface area (TPSA) is 51.5 Å². The summed E-state index contributed by atoms with van der Waals surface area (Å²) in [5.41, 5.74) is 4.08. The van der Waals surface area contributed by atoms with E-state index in [2.05, 4.69) is 11.1 Å². The molecule has 0 atom stereocenters. The van der Waals surface area contributed by atoms with Gasteiger partial charge in [0.15, 0.2) is 0 Å². The lowest BCUT2D eigenvalue weighted by Gasteiger charge is -2.13. The molecule has 0 N–H and O–H groups in total. The Labute approximate surface area is 189 Å². The van der Waals surface area contributed by atoms with E-state index in [1.54, 1.807) is 0 Å². The highest BCUT2D eigenvalue weighted by atomic mass is 32.2. The molecule has 5 nitrogen and oxygen atoms in total. The fourth-order valence-electron chi connectivity index (χ4n) is 3.79. The van der Waals surface area contributed by atoms with Gasteiger partial charge in [-0.3, -0.25) is 14.5 Å². The Kier molecular flexibility index (Phi) is 5.29. The summed E-state index contributed by atoms with van der Waals surface area (Å²) >= 11 is 0.683. The second-order valence-corrected chi connectivity index (χ2v) is 8.44. The molecule has 32 heavy (non-hydrogen) atoms. The van der Waals surface area contributed by atoms with Crippen LogP contribution in [0.1, 0.15) is 11.1 Å². The number of benzene rings is 3. The largest absolute Gasteiger partial charge is 0.489 e. The Morgan fingerprint density at radius 2 is 1.56 bits per heavy atom. The van der Waals surface area contributed by atoms with E-state index in [9.17, 15) is 9.59 Å². The third kappa shape index (κ3) is 3.81. The number of carbonyl (C=O) groups is 2. The third-order valence-electron chi connectivity index (χ3n) is 5.40. The molecule has 1 amide bonds. The number of para-hydroxylation sites is 1. The molecule has 4 aromatic rings. The molecule has 6 heteroatoms. The standard InChI is InChI=1S/C26H20N2O3S/c1-18-25(29)32-26(30)28(18)24-16-27(23-10-6-5-9-22(23)24)15-19-11-13-21(14-12-19)31-17-20-7-3-2-4-8-20/h2-14,16H,1,15,17H2. The van der Waals surface area contributed by atoms with E-state index in [1.807, 2.05) is 85.1 Å². The van der Waals surface area contributed by atoms with Crippen molar-refractivity contribution in [1.29, 1.82) is 0 Å². The van der Waals surface area contributed by atoms with Crippen LogP contribution in [0.25, 0.3) is 10.9 Å². The number of ether oxygens (including phenoxy) is 1. The monoisotopic (exact) mass is 440 g/mol. The molecule has 1 saturated heterocycles. The van der Waals surface area contributed by atoms with Gasteiger partial charge >= 0.3 is 0 Å².